The van der Waals surface area contributed by atoms with E-state index < -0.39 is 0 Å². The van der Waals surface area contributed by atoms with Crippen molar-refractivity contribution >= 4 is 22.6 Å². The summed E-state index contributed by atoms with van der Waals surface area (Å²) in [7, 11) is 1.61. The summed E-state index contributed by atoms with van der Waals surface area (Å²) >= 11 is 0. The van der Waals surface area contributed by atoms with Crippen LogP contribution in [0.25, 0.3) is 10.8 Å². The van der Waals surface area contributed by atoms with Gasteiger partial charge in [-0.3, -0.25) is 10.2 Å². The highest BCUT2D eigenvalue weighted by Crippen LogP contribution is 2.38. The van der Waals surface area contributed by atoms with Crippen molar-refractivity contribution in [3.05, 3.63) is 41.5 Å². The van der Waals surface area contributed by atoms with Crippen LogP contribution in [0.1, 0.15) is 23.5 Å². The van der Waals surface area contributed by atoms with Gasteiger partial charge >= 0.3 is 5.97 Å². The van der Waals surface area contributed by atoms with Crippen LogP contribution in [0.3, 0.4) is 0 Å². The van der Waals surface area contributed by atoms with E-state index >= 15 is 0 Å². The van der Waals surface area contributed by atoms with Gasteiger partial charge < -0.3 is 15.2 Å². The summed E-state index contributed by atoms with van der Waals surface area (Å²) in [6, 6.07) is 9.47. The zero-order chi connectivity index (χ0) is 15.0. The fourth-order valence-electron chi connectivity index (χ4n) is 2.79. The summed E-state index contributed by atoms with van der Waals surface area (Å²) in [5.74, 6) is 0.524. The second kappa shape index (κ2) is 5.09. The molecule has 1 atom stereocenters. The Morgan fingerprint density at radius 3 is 2.76 bits per heavy atom. The minimum absolute atomic E-state index is 0.0180. The molecule has 2 aromatic carbocycles. The lowest BCUT2D eigenvalue weighted by molar-refractivity contribution is -0.137. The zero-order valence-electron chi connectivity index (χ0n) is 11.7. The van der Waals surface area contributed by atoms with E-state index in [0.29, 0.717) is 18.6 Å². The summed E-state index contributed by atoms with van der Waals surface area (Å²) in [6.07, 6.45) is 0.347. The van der Waals surface area contributed by atoms with E-state index in [4.69, 9.17) is 20.6 Å². The fourth-order valence-corrected chi connectivity index (χ4v) is 2.79. The second-order valence-electron chi connectivity index (χ2n) is 5.12. The van der Waals surface area contributed by atoms with Gasteiger partial charge in [0.2, 0.25) is 0 Å². The van der Waals surface area contributed by atoms with E-state index in [1.54, 1.807) is 7.11 Å². The summed E-state index contributed by atoms with van der Waals surface area (Å²) in [5, 5.41) is 9.56. The molecule has 21 heavy (non-hydrogen) atoms. The van der Waals surface area contributed by atoms with Gasteiger partial charge in [-0.2, -0.15) is 0 Å². The topological polar surface area (TPSA) is 85.4 Å². The standard InChI is InChI=1S/C16H16N2O3/c1-20-13-5-4-9-2-3-10(16(17)18)6-12(9)15(13)11-7-14(19)21-8-11/h2-6,11H,7-8H2,1H3,(H3,17,18). The van der Waals surface area contributed by atoms with Gasteiger partial charge in [0.15, 0.2) is 0 Å². The van der Waals surface area contributed by atoms with Crippen LogP contribution >= 0.6 is 0 Å². The van der Waals surface area contributed by atoms with Gasteiger partial charge in [0, 0.05) is 17.0 Å². The molecule has 1 unspecified atom stereocenters. The molecule has 1 heterocycles. The van der Waals surface area contributed by atoms with E-state index in [9.17, 15) is 4.79 Å². The Bertz CT molecular complexity index is 740. The largest absolute Gasteiger partial charge is 0.496 e. The van der Waals surface area contributed by atoms with E-state index in [-0.39, 0.29) is 17.7 Å². The lowest BCUT2D eigenvalue weighted by Crippen LogP contribution is -2.11. The highest BCUT2D eigenvalue weighted by molar-refractivity contribution is 6.00. The number of esters is 1. The predicted molar refractivity (Wildman–Crippen MR) is 79.8 cm³/mol. The number of nitrogens with one attached hydrogen (secondary N) is 1. The number of carbonyl (C=O) groups excluding carboxylic acids is 1. The van der Waals surface area contributed by atoms with Gasteiger partial charge in [-0.15, -0.1) is 0 Å². The first-order valence-electron chi connectivity index (χ1n) is 6.71. The smallest absolute Gasteiger partial charge is 0.306 e. The van der Waals surface area contributed by atoms with Gasteiger partial charge in [0.1, 0.15) is 11.6 Å². The van der Waals surface area contributed by atoms with Crippen LogP contribution in [0, 0.1) is 5.41 Å². The number of cyclic esters (lactones) is 1. The third-order valence-electron chi connectivity index (χ3n) is 3.82. The number of amidine groups is 1. The van der Waals surface area contributed by atoms with Crippen LogP contribution in [0.5, 0.6) is 5.75 Å². The molecule has 0 amide bonds. The maximum atomic E-state index is 11.4. The summed E-state index contributed by atoms with van der Waals surface area (Å²) in [5.41, 5.74) is 7.18. The van der Waals surface area contributed by atoms with E-state index in [0.717, 1.165) is 22.1 Å². The SMILES string of the molecule is COc1ccc2ccc(C(=N)N)cc2c1C1COC(=O)C1. The monoisotopic (exact) mass is 284 g/mol. The van der Waals surface area contributed by atoms with Crippen LogP contribution < -0.4 is 10.5 Å². The average Bonchev–Trinajstić information content (AvgIpc) is 2.91. The Hall–Kier alpha value is -2.56. The molecule has 3 rings (SSSR count). The Morgan fingerprint density at radius 2 is 2.14 bits per heavy atom. The predicted octanol–water partition coefficient (Wildman–Crippen LogP) is 2.16. The average molecular weight is 284 g/mol. The number of methoxy groups -OCH3 is 1. The number of hydrogen-bond donors (Lipinski definition) is 2. The molecule has 1 fully saturated rings. The van der Waals surface area contributed by atoms with Crippen LogP contribution in [-0.2, 0) is 9.53 Å². The molecule has 3 N–H and O–H groups in total. The minimum Gasteiger partial charge on any atom is -0.496 e. The van der Waals surface area contributed by atoms with Crippen LogP contribution in [0.4, 0.5) is 0 Å². The van der Waals surface area contributed by atoms with Crippen molar-refractivity contribution in [1.29, 1.82) is 5.41 Å². The molecule has 108 valence electrons. The molecule has 0 radical (unpaired) electrons. The molecule has 0 spiro atoms. The van der Waals surface area contributed by atoms with Crippen LogP contribution in [0.15, 0.2) is 30.3 Å². The van der Waals surface area contributed by atoms with Crippen molar-refractivity contribution in [3.63, 3.8) is 0 Å². The molecule has 5 heteroatoms. The first-order chi connectivity index (χ1) is 10.1. The first kappa shape index (κ1) is 13.4. The minimum atomic E-state index is -0.193. The Labute approximate surface area is 122 Å². The summed E-state index contributed by atoms with van der Waals surface area (Å²) in [6.45, 7) is 0.360. The number of carbonyl (C=O) groups is 1. The normalized spacial score (nSPS) is 17.8. The van der Waals surface area contributed by atoms with Crippen molar-refractivity contribution < 1.29 is 14.3 Å². The van der Waals surface area contributed by atoms with Crippen molar-refractivity contribution in [1.82, 2.24) is 0 Å². The quantitative estimate of drug-likeness (QED) is 0.514. The van der Waals surface area contributed by atoms with Gasteiger partial charge in [0.05, 0.1) is 20.1 Å². The molecule has 1 aliphatic rings. The maximum Gasteiger partial charge on any atom is 0.306 e. The molecular weight excluding hydrogens is 268 g/mol. The molecule has 5 nitrogen and oxygen atoms in total. The van der Waals surface area contributed by atoms with Crippen LogP contribution in [0.2, 0.25) is 0 Å². The number of nitrogen functional groups attached to an aromatic ring is 1. The van der Waals surface area contributed by atoms with Crippen LogP contribution in [-0.4, -0.2) is 25.5 Å². The van der Waals surface area contributed by atoms with E-state index in [1.165, 1.54) is 0 Å². The summed E-state index contributed by atoms with van der Waals surface area (Å²) in [4.78, 5) is 11.4. The number of fused-ring (bicyclic) bond motifs is 1. The maximum absolute atomic E-state index is 11.4. The lowest BCUT2D eigenvalue weighted by atomic mass is 9.91. The fraction of sp³-hybridized carbons (Fsp3) is 0.250. The van der Waals surface area contributed by atoms with Crippen molar-refractivity contribution in [2.75, 3.05) is 13.7 Å². The number of hydrogen-bond acceptors (Lipinski definition) is 4. The Kier molecular flexibility index (Phi) is 3.25. The summed E-state index contributed by atoms with van der Waals surface area (Å²) < 4.78 is 10.5. The van der Waals surface area contributed by atoms with Crippen molar-refractivity contribution in [2.45, 2.75) is 12.3 Å². The van der Waals surface area contributed by atoms with Gasteiger partial charge in [-0.1, -0.05) is 18.2 Å². The van der Waals surface area contributed by atoms with Crippen molar-refractivity contribution in [3.8, 4) is 5.75 Å². The highest BCUT2D eigenvalue weighted by Gasteiger charge is 2.29. The van der Waals surface area contributed by atoms with Gasteiger partial charge in [-0.25, -0.2) is 0 Å². The molecule has 0 bridgehead atoms. The number of ether oxygens (including phenoxy) is 2. The molecule has 0 aromatic heterocycles. The van der Waals surface area contributed by atoms with E-state index in [2.05, 4.69) is 0 Å². The first-order valence-corrected chi connectivity index (χ1v) is 6.71. The third kappa shape index (κ3) is 2.31. The number of rotatable bonds is 3. The zero-order valence-corrected chi connectivity index (χ0v) is 11.7. The molecule has 0 saturated carbocycles. The Balaban J connectivity index is 2.24. The highest BCUT2D eigenvalue weighted by atomic mass is 16.5. The van der Waals surface area contributed by atoms with Crippen molar-refractivity contribution in [2.24, 2.45) is 5.73 Å². The molecular formula is C16H16N2O3. The number of nitrogens with two attached hydrogens (primary N) is 1. The molecule has 1 saturated heterocycles. The number of benzene rings is 2. The second-order valence-corrected chi connectivity index (χ2v) is 5.12. The lowest BCUT2D eigenvalue weighted by Gasteiger charge is -2.16. The van der Waals surface area contributed by atoms with E-state index in [1.807, 2.05) is 30.3 Å². The Morgan fingerprint density at radius 1 is 1.38 bits per heavy atom. The molecule has 1 aliphatic heterocycles. The van der Waals surface area contributed by atoms with Gasteiger partial charge in [-0.05, 0) is 22.9 Å². The molecule has 2 aromatic rings. The third-order valence-corrected chi connectivity index (χ3v) is 3.82. The molecule has 0 aliphatic carbocycles. The van der Waals surface area contributed by atoms with Gasteiger partial charge in [0.25, 0.3) is 0 Å².